The third kappa shape index (κ3) is 3.41. The standard InChI is InChI=1S/C20H34O4/c1-12(10-18(23)24)6-7-14-13(2)15(21)11-16-19(3,4)17(22)8-9-20(14,16)5/h12,14-17,21-22H,2,6-11H2,1,3-5H3,(H,23,24)/t12-,14-,15+,16+,17-,20+/m0/s1. The minimum absolute atomic E-state index is 0.0159. The van der Waals surface area contributed by atoms with Gasteiger partial charge in [-0.1, -0.05) is 34.3 Å². The number of aliphatic carboxylic acids is 1. The molecular formula is C20H34O4. The van der Waals surface area contributed by atoms with Gasteiger partial charge in [-0.2, -0.15) is 0 Å². The minimum atomic E-state index is -0.754. The quantitative estimate of drug-likeness (QED) is 0.669. The highest BCUT2D eigenvalue weighted by atomic mass is 16.4. The van der Waals surface area contributed by atoms with Crippen LogP contribution < -0.4 is 0 Å². The normalized spacial score (nSPS) is 40.0. The number of aliphatic hydroxyl groups excluding tert-OH is 2. The molecule has 2 aliphatic rings. The second-order valence-corrected chi connectivity index (χ2v) is 9.09. The first-order valence-electron chi connectivity index (χ1n) is 9.26. The van der Waals surface area contributed by atoms with Crippen LogP contribution in [0, 0.1) is 28.6 Å². The van der Waals surface area contributed by atoms with Gasteiger partial charge in [0.1, 0.15) is 0 Å². The molecule has 0 bridgehead atoms. The van der Waals surface area contributed by atoms with Gasteiger partial charge in [-0.25, -0.2) is 0 Å². The Labute approximate surface area is 146 Å². The molecule has 2 aliphatic carbocycles. The lowest BCUT2D eigenvalue weighted by Crippen LogP contribution is -2.57. The number of fused-ring (bicyclic) bond motifs is 1. The maximum Gasteiger partial charge on any atom is 0.303 e. The molecule has 2 rings (SSSR count). The fourth-order valence-corrected chi connectivity index (χ4v) is 5.46. The maximum atomic E-state index is 10.9. The smallest absolute Gasteiger partial charge is 0.303 e. The molecule has 4 heteroatoms. The van der Waals surface area contributed by atoms with E-state index >= 15 is 0 Å². The second-order valence-electron chi connectivity index (χ2n) is 9.09. The van der Waals surface area contributed by atoms with Crippen molar-refractivity contribution in [3.63, 3.8) is 0 Å². The lowest BCUT2D eigenvalue weighted by molar-refractivity contribution is -0.142. The Morgan fingerprint density at radius 2 is 1.96 bits per heavy atom. The minimum Gasteiger partial charge on any atom is -0.481 e. The first-order valence-corrected chi connectivity index (χ1v) is 9.26. The molecule has 0 radical (unpaired) electrons. The number of hydrogen-bond donors (Lipinski definition) is 3. The van der Waals surface area contributed by atoms with Gasteiger partial charge in [0, 0.05) is 6.42 Å². The van der Waals surface area contributed by atoms with Crippen molar-refractivity contribution in [1.29, 1.82) is 0 Å². The van der Waals surface area contributed by atoms with Crippen molar-refractivity contribution in [2.75, 3.05) is 0 Å². The maximum absolute atomic E-state index is 10.9. The first kappa shape index (κ1) is 19.5. The highest BCUT2D eigenvalue weighted by Crippen LogP contribution is 2.61. The monoisotopic (exact) mass is 338 g/mol. The van der Waals surface area contributed by atoms with Gasteiger partial charge < -0.3 is 15.3 Å². The topological polar surface area (TPSA) is 77.8 Å². The molecule has 0 amide bonds. The summed E-state index contributed by atoms with van der Waals surface area (Å²) in [5, 5.41) is 30.0. The molecule has 0 aliphatic heterocycles. The van der Waals surface area contributed by atoms with E-state index in [0.717, 1.165) is 31.3 Å². The van der Waals surface area contributed by atoms with E-state index in [-0.39, 0.29) is 41.1 Å². The molecule has 24 heavy (non-hydrogen) atoms. The number of carboxylic acid groups (broad SMARTS) is 1. The van der Waals surface area contributed by atoms with E-state index in [9.17, 15) is 15.0 Å². The van der Waals surface area contributed by atoms with E-state index in [4.69, 9.17) is 5.11 Å². The summed E-state index contributed by atoms with van der Waals surface area (Å²) in [6, 6.07) is 0. The van der Waals surface area contributed by atoms with E-state index in [1.54, 1.807) is 0 Å². The molecule has 0 unspecified atom stereocenters. The lowest BCUT2D eigenvalue weighted by Gasteiger charge is -2.60. The van der Waals surface area contributed by atoms with Crippen molar-refractivity contribution in [3.8, 4) is 0 Å². The van der Waals surface area contributed by atoms with Gasteiger partial charge in [0.05, 0.1) is 12.2 Å². The van der Waals surface area contributed by atoms with Crippen LogP contribution in [0.25, 0.3) is 0 Å². The SMILES string of the molecule is C=C1[C@H](O)C[C@@H]2C(C)(C)[C@@H](O)CC[C@]2(C)[C@H]1CC[C@H](C)CC(=O)O. The predicted molar refractivity (Wildman–Crippen MR) is 94.5 cm³/mol. The highest BCUT2D eigenvalue weighted by Gasteiger charge is 2.57. The molecule has 0 aromatic rings. The fraction of sp³-hybridized carbons (Fsp3) is 0.850. The Bertz CT molecular complexity index is 498. The summed E-state index contributed by atoms with van der Waals surface area (Å²) in [6.07, 6.45) is 3.41. The number of aliphatic hydroxyl groups is 2. The average molecular weight is 338 g/mol. The van der Waals surface area contributed by atoms with Crippen LogP contribution in [0.1, 0.15) is 66.2 Å². The summed E-state index contributed by atoms with van der Waals surface area (Å²) in [5.74, 6) is -0.196. The van der Waals surface area contributed by atoms with Gasteiger partial charge >= 0.3 is 5.97 Å². The fourth-order valence-electron chi connectivity index (χ4n) is 5.46. The van der Waals surface area contributed by atoms with Gasteiger partial charge in [-0.05, 0) is 66.3 Å². The molecule has 0 aromatic carbocycles. The number of carboxylic acids is 1. The summed E-state index contributed by atoms with van der Waals surface area (Å²) in [5.41, 5.74) is 0.699. The molecule has 2 saturated carbocycles. The van der Waals surface area contributed by atoms with Gasteiger partial charge in [0.25, 0.3) is 0 Å². The number of rotatable bonds is 5. The summed E-state index contributed by atoms with van der Waals surface area (Å²) in [4.78, 5) is 10.9. The molecule has 2 fully saturated rings. The van der Waals surface area contributed by atoms with E-state index < -0.39 is 12.1 Å². The largest absolute Gasteiger partial charge is 0.481 e. The summed E-state index contributed by atoms with van der Waals surface area (Å²) in [7, 11) is 0. The summed E-state index contributed by atoms with van der Waals surface area (Å²) in [6.45, 7) is 12.7. The van der Waals surface area contributed by atoms with Crippen LogP contribution >= 0.6 is 0 Å². The molecule has 3 N–H and O–H groups in total. The molecule has 0 aromatic heterocycles. The zero-order valence-electron chi connectivity index (χ0n) is 15.6. The lowest BCUT2D eigenvalue weighted by atomic mass is 9.46. The highest BCUT2D eigenvalue weighted by molar-refractivity contribution is 5.66. The molecule has 6 atom stereocenters. The summed E-state index contributed by atoms with van der Waals surface area (Å²) >= 11 is 0. The van der Waals surface area contributed by atoms with E-state index in [1.807, 2.05) is 6.92 Å². The molecule has 0 spiro atoms. The van der Waals surface area contributed by atoms with Crippen LogP contribution in [0.15, 0.2) is 12.2 Å². The van der Waals surface area contributed by atoms with Crippen LogP contribution in [-0.4, -0.2) is 33.5 Å². The van der Waals surface area contributed by atoms with E-state index in [1.165, 1.54) is 0 Å². The zero-order chi connectivity index (χ0) is 18.3. The third-order valence-corrected chi connectivity index (χ3v) is 7.11. The van der Waals surface area contributed by atoms with Crippen LogP contribution in [0.5, 0.6) is 0 Å². The molecular weight excluding hydrogens is 304 g/mol. The van der Waals surface area contributed by atoms with E-state index in [0.29, 0.717) is 6.42 Å². The van der Waals surface area contributed by atoms with Gasteiger partial charge in [-0.15, -0.1) is 0 Å². The van der Waals surface area contributed by atoms with Crippen LogP contribution in [0.3, 0.4) is 0 Å². The molecule has 4 nitrogen and oxygen atoms in total. The van der Waals surface area contributed by atoms with Crippen LogP contribution in [0.2, 0.25) is 0 Å². The van der Waals surface area contributed by atoms with Crippen LogP contribution in [0.4, 0.5) is 0 Å². The zero-order valence-corrected chi connectivity index (χ0v) is 15.6. The van der Waals surface area contributed by atoms with Crippen LogP contribution in [-0.2, 0) is 4.79 Å². The van der Waals surface area contributed by atoms with Crippen molar-refractivity contribution < 1.29 is 20.1 Å². The average Bonchev–Trinajstić information content (AvgIpc) is 2.46. The van der Waals surface area contributed by atoms with Crippen molar-refractivity contribution in [3.05, 3.63) is 12.2 Å². The second kappa shape index (κ2) is 6.80. The Morgan fingerprint density at radius 3 is 2.54 bits per heavy atom. The number of hydrogen-bond acceptors (Lipinski definition) is 3. The van der Waals surface area contributed by atoms with Crippen molar-refractivity contribution in [1.82, 2.24) is 0 Å². The Balaban J connectivity index is 2.21. The first-order chi connectivity index (χ1) is 11.0. The van der Waals surface area contributed by atoms with Crippen molar-refractivity contribution in [2.45, 2.75) is 78.4 Å². The van der Waals surface area contributed by atoms with Gasteiger partial charge in [0.15, 0.2) is 0 Å². The van der Waals surface area contributed by atoms with Gasteiger partial charge in [0.2, 0.25) is 0 Å². The molecule has 138 valence electrons. The molecule has 0 heterocycles. The Morgan fingerprint density at radius 1 is 1.33 bits per heavy atom. The van der Waals surface area contributed by atoms with Gasteiger partial charge in [-0.3, -0.25) is 4.79 Å². The van der Waals surface area contributed by atoms with E-state index in [2.05, 4.69) is 27.4 Å². The summed E-state index contributed by atoms with van der Waals surface area (Å²) < 4.78 is 0. The third-order valence-electron chi connectivity index (χ3n) is 7.11. The predicted octanol–water partition coefficient (Wildman–Crippen LogP) is 3.62. The van der Waals surface area contributed by atoms with Crippen molar-refractivity contribution >= 4 is 5.97 Å². The Kier molecular flexibility index (Phi) is 5.51. The van der Waals surface area contributed by atoms with Crippen molar-refractivity contribution in [2.24, 2.45) is 28.6 Å². The molecule has 0 saturated heterocycles. The number of carbonyl (C=O) groups is 1. The Hall–Kier alpha value is -0.870.